The van der Waals surface area contributed by atoms with Crippen molar-refractivity contribution in [2.45, 2.75) is 74.7 Å². The zero-order valence-electron chi connectivity index (χ0n) is 24.5. The summed E-state index contributed by atoms with van der Waals surface area (Å²) in [5.41, 5.74) is 1.91. The van der Waals surface area contributed by atoms with Crippen molar-refractivity contribution in [3.8, 4) is 12.3 Å². The highest BCUT2D eigenvalue weighted by Gasteiger charge is 2.18. The van der Waals surface area contributed by atoms with E-state index in [1.165, 1.54) is 0 Å². The first-order chi connectivity index (χ1) is 17.3. The zero-order chi connectivity index (χ0) is 28.4. The predicted molar refractivity (Wildman–Crippen MR) is 164 cm³/mol. The highest BCUT2D eigenvalue weighted by atomic mass is 32.2. The molecule has 0 saturated heterocycles. The molecule has 0 aromatic heterocycles. The minimum atomic E-state index is -0.0145. The SMILES string of the molecule is C#CC.C=C/C=C\C(=C)O/C(CSC)=C(/C=C(\C)N(CC)C(=O)/C=C\C)N(CCC)CCCC.CC. The molecule has 0 unspecified atom stereocenters. The minimum Gasteiger partial charge on any atom is -0.459 e. The molecule has 1 amide bonds. The lowest BCUT2D eigenvalue weighted by Gasteiger charge is -2.29. The van der Waals surface area contributed by atoms with Crippen LogP contribution in [0.25, 0.3) is 0 Å². The second-order valence-electron chi connectivity index (χ2n) is 7.40. The number of terminal acetylenes is 1. The third kappa shape index (κ3) is 17.8. The van der Waals surface area contributed by atoms with Gasteiger partial charge in [-0.3, -0.25) is 4.79 Å². The minimum absolute atomic E-state index is 0.0145. The summed E-state index contributed by atoms with van der Waals surface area (Å²) in [6.45, 7) is 26.1. The number of hydrogen-bond acceptors (Lipinski definition) is 4. The molecule has 0 atom stereocenters. The van der Waals surface area contributed by atoms with Crippen molar-refractivity contribution in [2.24, 2.45) is 0 Å². The summed E-state index contributed by atoms with van der Waals surface area (Å²) in [5.74, 6) is 4.36. The first-order valence-electron chi connectivity index (χ1n) is 12.9. The van der Waals surface area contributed by atoms with Crippen LogP contribution in [0.5, 0.6) is 0 Å². The van der Waals surface area contributed by atoms with E-state index < -0.39 is 0 Å². The van der Waals surface area contributed by atoms with Crippen molar-refractivity contribution < 1.29 is 9.53 Å². The molecule has 0 aliphatic rings. The highest BCUT2D eigenvalue weighted by molar-refractivity contribution is 7.98. The Kier molecular flexibility index (Phi) is 28.5. The summed E-state index contributed by atoms with van der Waals surface area (Å²) < 4.78 is 6.21. The summed E-state index contributed by atoms with van der Waals surface area (Å²) >= 11 is 1.70. The van der Waals surface area contributed by atoms with E-state index in [9.17, 15) is 4.79 Å². The number of hydrogen-bond donors (Lipinski definition) is 0. The molecular weight excluding hydrogens is 464 g/mol. The van der Waals surface area contributed by atoms with E-state index in [0.717, 1.165) is 49.5 Å². The van der Waals surface area contributed by atoms with Crippen molar-refractivity contribution in [2.75, 3.05) is 31.6 Å². The van der Waals surface area contributed by atoms with Gasteiger partial charge < -0.3 is 14.5 Å². The number of allylic oxidation sites excluding steroid dienone is 6. The average Bonchev–Trinajstić information content (AvgIpc) is 2.86. The Morgan fingerprint density at radius 1 is 1.14 bits per heavy atom. The Bertz CT molecular complexity index is 770. The Morgan fingerprint density at radius 3 is 2.19 bits per heavy atom. The van der Waals surface area contributed by atoms with Gasteiger partial charge >= 0.3 is 0 Å². The number of ether oxygens (including phenoxy) is 1. The fourth-order valence-corrected chi connectivity index (χ4v) is 3.53. The standard InChI is InChI=1S/C26H42N2O2S.C3H4.C2H6/c1-9-14-17-23(7)30-25(21-31-8)24(27(18-12-4)19-15-10-2)20-22(6)28(13-5)26(29)16-11-3;1-3-2;1-2/h9,11,14,16-17,20H,1,7,10,12-13,15,18-19,21H2,2-6,8H3;1H,2H3;1-2H3/b16-11-,17-14-,22-20+,25-24-;;. The van der Waals surface area contributed by atoms with E-state index in [1.54, 1.807) is 41.8 Å². The van der Waals surface area contributed by atoms with Crippen LogP contribution in [0.15, 0.2) is 72.5 Å². The molecular formula is C31H52N2O2S. The number of carbonyl (C=O) groups excluding carboxylic acids is 1. The van der Waals surface area contributed by atoms with Crippen LogP contribution in [-0.2, 0) is 9.53 Å². The van der Waals surface area contributed by atoms with Gasteiger partial charge in [0, 0.05) is 25.3 Å². The normalized spacial score (nSPS) is 11.4. The quantitative estimate of drug-likeness (QED) is 0.0893. The number of carbonyl (C=O) groups is 1. The summed E-state index contributed by atoms with van der Waals surface area (Å²) in [5, 5.41) is 0. The molecule has 0 heterocycles. The van der Waals surface area contributed by atoms with E-state index >= 15 is 0 Å². The first-order valence-corrected chi connectivity index (χ1v) is 14.3. The highest BCUT2D eigenvalue weighted by Crippen LogP contribution is 2.23. The molecule has 0 fully saturated rings. The van der Waals surface area contributed by atoms with E-state index in [1.807, 2.05) is 46.8 Å². The van der Waals surface area contributed by atoms with Gasteiger partial charge in [-0.25, -0.2) is 0 Å². The number of nitrogens with zero attached hydrogens (tertiary/aromatic N) is 2. The van der Waals surface area contributed by atoms with Crippen LogP contribution in [0.2, 0.25) is 0 Å². The second-order valence-corrected chi connectivity index (χ2v) is 8.27. The van der Waals surface area contributed by atoms with E-state index in [0.29, 0.717) is 18.1 Å². The van der Waals surface area contributed by atoms with Crippen molar-refractivity contribution >= 4 is 17.7 Å². The van der Waals surface area contributed by atoms with Crippen LogP contribution in [0.1, 0.15) is 74.7 Å². The number of thioether (sulfide) groups is 1. The predicted octanol–water partition coefficient (Wildman–Crippen LogP) is 8.34. The molecule has 0 aliphatic carbocycles. The molecule has 0 saturated carbocycles. The van der Waals surface area contributed by atoms with E-state index in [2.05, 4.69) is 56.6 Å². The fourth-order valence-electron chi connectivity index (χ4n) is 3.06. The van der Waals surface area contributed by atoms with Gasteiger partial charge in [-0.15, -0.1) is 12.3 Å². The third-order valence-corrected chi connectivity index (χ3v) is 5.06. The Morgan fingerprint density at radius 2 is 1.75 bits per heavy atom. The summed E-state index contributed by atoms with van der Waals surface area (Å²) in [6, 6.07) is 0. The maximum atomic E-state index is 12.6. The number of rotatable bonds is 16. The summed E-state index contributed by atoms with van der Waals surface area (Å²) in [6.07, 6.45) is 20.7. The maximum absolute atomic E-state index is 12.6. The lowest BCUT2D eigenvalue weighted by molar-refractivity contribution is -0.124. The Balaban J connectivity index is -0.00000201. The van der Waals surface area contributed by atoms with Crippen LogP contribution in [0.3, 0.4) is 0 Å². The summed E-state index contributed by atoms with van der Waals surface area (Å²) in [7, 11) is 0. The molecule has 0 aromatic carbocycles. The number of unbranched alkanes of at least 4 members (excludes halogenated alkanes) is 1. The van der Waals surface area contributed by atoms with Gasteiger partial charge in [0.05, 0.1) is 11.4 Å². The van der Waals surface area contributed by atoms with Crippen LogP contribution >= 0.6 is 11.8 Å². The molecule has 0 bridgehead atoms. The zero-order valence-corrected chi connectivity index (χ0v) is 25.3. The first kappa shape index (κ1) is 38.0. The molecule has 0 radical (unpaired) electrons. The van der Waals surface area contributed by atoms with Crippen molar-refractivity contribution in [3.05, 3.63) is 72.5 Å². The molecule has 4 nitrogen and oxygen atoms in total. The second kappa shape index (κ2) is 27.0. The third-order valence-electron chi connectivity index (χ3n) is 4.51. The maximum Gasteiger partial charge on any atom is 0.250 e. The van der Waals surface area contributed by atoms with Crippen LogP contribution in [-0.4, -0.2) is 47.3 Å². The Labute approximate surface area is 227 Å². The van der Waals surface area contributed by atoms with E-state index in [4.69, 9.17) is 4.74 Å². The van der Waals surface area contributed by atoms with E-state index in [-0.39, 0.29) is 5.91 Å². The lowest BCUT2D eigenvalue weighted by atomic mass is 10.2. The largest absolute Gasteiger partial charge is 0.459 e. The van der Waals surface area contributed by atoms with Gasteiger partial charge in [-0.05, 0) is 65.0 Å². The molecule has 0 aromatic rings. The molecule has 0 spiro atoms. The Hall–Kier alpha value is -2.58. The topological polar surface area (TPSA) is 32.8 Å². The smallest absolute Gasteiger partial charge is 0.250 e. The van der Waals surface area contributed by atoms with Crippen molar-refractivity contribution in [3.63, 3.8) is 0 Å². The van der Waals surface area contributed by atoms with Gasteiger partial charge in [0.2, 0.25) is 5.91 Å². The summed E-state index contributed by atoms with van der Waals surface area (Å²) in [4.78, 5) is 16.7. The van der Waals surface area contributed by atoms with Crippen LogP contribution in [0.4, 0.5) is 0 Å². The molecule has 0 N–H and O–H groups in total. The number of likely N-dealkylation sites (N-methyl/N-ethyl adjacent to an activating group) is 1. The van der Waals surface area contributed by atoms with Gasteiger partial charge in [0.1, 0.15) is 11.5 Å². The van der Waals surface area contributed by atoms with Crippen molar-refractivity contribution in [1.82, 2.24) is 9.80 Å². The number of amides is 1. The fraction of sp³-hybridized carbons (Fsp3) is 0.516. The monoisotopic (exact) mass is 516 g/mol. The molecule has 0 aliphatic heterocycles. The van der Waals surface area contributed by atoms with Crippen molar-refractivity contribution in [1.29, 1.82) is 0 Å². The van der Waals surface area contributed by atoms with Gasteiger partial charge in [0.15, 0.2) is 0 Å². The van der Waals surface area contributed by atoms with Crippen LogP contribution in [0, 0.1) is 12.3 Å². The van der Waals surface area contributed by atoms with Gasteiger partial charge in [-0.1, -0.05) is 65.5 Å². The molecule has 0 rings (SSSR count). The molecule has 5 heteroatoms. The van der Waals surface area contributed by atoms with Crippen LogP contribution < -0.4 is 0 Å². The van der Waals surface area contributed by atoms with Gasteiger partial charge in [-0.2, -0.15) is 11.8 Å². The lowest BCUT2D eigenvalue weighted by Crippen LogP contribution is -2.30. The van der Waals surface area contributed by atoms with Gasteiger partial charge in [0.25, 0.3) is 0 Å². The molecule has 204 valence electrons. The molecule has 36 heavy (non-hydrogen) atoms. The average molecular weight is 517 g/mol.